The highest BCUT2D eigenvalue weighted by molar-refractivity contribution is 5.91. The number of hydrogen-bond acceptors (Lipinski definition) is 6. The third-order valence-corrected chi connectivity index (χ3v) is 4.42. The Hall–Kier alpha value is -3.01. The van der Waals surface area contributed by atoms with E-state index in [1.165, 1.54) is 0 Å². The molecule has 0 radical (unpaired) electrons. The lowest BCUT2D eigenvalue weighted by Crippen LogP contribution is -2.47. The number of ether oxygens (including phenoxy) is 1. The summed E-state index contributed by atoms with van der Waals surface area (Å²) in [6, 6.07) is 7.08. The molecule has 0 unspecified atom stereocenters. The molecular weight excluding hydrogens is 344 g/mol. The lowest BCUT2D eigenvalue weighted by atomic mass is 10.1. The number of carbonyl (C=O) groups excluding carboxylic acids is 1. The molecule has 3 rings (SSSR count). The molecule has 1 aliphatic rings. The molecule has 2 heterocycles. The molecule has 2 N–H and O–H groups in total. The van der Waals surface area contributed by atoms with Crippen molar-refractivity contribution in [2.75, 3.05) is 18.4 Å². The summed E-state index contributed by atoms with van der Waals surface area (Å²) in [6.07, 6.45) is 3.13. The number of fused-ring (bicyclic) bond motifs is 1. The van der Waals surface area contributed by atoms with E-state index in [2.05, 4.69) is 10.3 Å². The van der Waals surface area contributed by atoms with Gasteiger partial charge in [0, 0.05) is 36.1 Å². The van der Waals surface area contributed by atoms with E-state index in [4.69, 9.17) is 10.00 Å². The number of pyridine rings is 1. The van der Waals surface area contributed by atoms with E-state index < -0.39 is 5.60 Å². The van der Waals surface area contributed by atoms with E-state index in [-0.39, 0.29) is 23.4 Å². The molecule has 0 bridgehead atoms. The minimum absolute atomic E-state index is 0.0394. The predicted molar refractivity (Wildman–Crippen MR) is 103 cm³/mol. The van der Waals surface area contributed by atoms with Gasteiger partial charge in [0.25, 0.3) is 0 Å². The number of amides is 1. The molecular formula is C20H24N4O3. The normalized spacial score (nSPS) is 17.4. The highest BCUT2D eigenvalue weighted by atomic mass is 16.6. The molecule has 27 heavy (non-hydrogen) atoms. The van der Waals surface area contributed by atoms with Crippen molar-refractivity contribution >= 4 is 22.7 Å². The van der Waals surface area contributed by atoms with Crippen LogP contribution in [0.25, 0.3) is 10.8 Å². The number of nitrogens with zero attached hydrogens (tertiary/aromatic N) is 3. The van der Waals surface area contributed by atoms with Crippen molar-refractivity contribution in [2.45, 2.75) is 45.3 Å². The Morgan fingerprint density at radius 3 is 2.93 bits per heavy atom. The molecule has 1 saturated heterocycles. The Labute approximate surface area is 158 Å². The third kappa shape index (κ3) is 4.40. The first kappa shape index (κ1) is 18.8. The molecule has 1 atom stereocenters. The van der Waals surface area contributed by atoms with Crippen LogP contribution in [0.15, 0.2) is 24.4 Å². The van der Waals surface area contributed by atoms with Gasteiger partial charge in [0.15, 0.2) is 0 Å². The Morgan fingerprint density at radius 1 is 1.44 bits per heavy atom. The van der Waals surface area contributed by atoms with Gasteiger partial charge in [-0.2, -0.15) is 5.26 Å². The highest BCUT2D eigenvalue weighted by Gasteiger charge is 2.27. The van der Waals surface area contributed by atoms with Gasteiger partial charge in [-0.25, -0.2) is 9.78 Å². The van der Waals surface area contributed by atoms with Gasteiger partial charge in [0.05, 0.1) is 5.56 Å². The van der Waals surface area contributed by atoms with E-state index in [1.807, 2.05) is 26.8 Å². The van der Waals surface area contributed by atoms with Gasteiger partial charge >= 0.3 is 6.09 Å². The second-order valence-corrected chi connectivity index (χ2v) is 7.77. The Balaban J connectivity index is 1.74. The summed E-state index contributed by atoms with van der Waals surface area (Å²) in [7, 11) is 0. The number of nitrogens with one attached hydrogen (secondary N) is 1. The van der Waals surface area contributed by atoms with Gasteiger partial charge in [-0.3, -0.25) is 0 Å². The van der Waals surface area contributed by atoms with Gasteiger partial charge in [0.1, 0.15) is 23.2 Å². The summed E-state index contributed by atoms with van der Waals surface area (Å²) in [4.78, 5) is 18.4. The van der Waals surface area contributed by atoms with Crippen molar-refractivity contribution in [3.63, 3.8) is 0 Å². The zero-order chi connectivity index (χ0) is 19.6. The van der Waals surface area contributed by atoms with Crippen molar-refractivity contribution in [2.24, 2.45) is 0 Å². The number of likely N-dealkylation sites (tertiary alicyclic amines) is 1. The van der Waals surface area contributed by atoms with Gasteiger partial charge < -0.3 is 20.1 Å². The molecule has 0 spiro atoms. The maximum absolute atomic E-state index is 12.3. The van der Waals surface area contributed by atoms with E-state index in [1.54, 1.807) is 29.3 Å². The summed E-state index contributed by atoms with van der Waals surface area (Å²) in [5.41, 5.74) is -0.290. The fourth-order valence-electron chi connectivity index (χ4n) is 3.17. The van der Waals surface area contributed by atoms with Crippen molar-refractivity contribution in [3.8, 4) is 11.8 Å². The molecule has 0 aliphatic carbocycles. The van der Waals surface area contributed by atoms with E-state index in [0.717, 1.165) is 18.2 Å². The molecule has 1 aromatic carbocycles. The lowest BCUT2D eigenvalue weighted by molar-refractivity contribution is 0.0206. The van der Waals surface area contributed by atoms with Crippen molar-refractivity contribution in [3.05, 3.63) is 30.0 Å². The number of nitriles is 1. The fraction of sp³-hybridized carbons (Fsp3) is 0.450. The molecule has 1 aliphatic heterocycles. The molecule has 7 heteroatoms. The summed E-state index contributed by atoms with van der Waals surface area (Å²) in [5.74, 6) is 0.559. The van der Waals surface area contributed by atoms with Crippen LogP contribution in [0.1, 0.15) is 39.2 Å². The number of anilines is 1. The fourth-order valence-corrected chi connectivity index (χ4v) is 3.17. The Kier molecular flexibility index (Phi) is 5.08. The van der Waals surface area contributed by atoms with Gasteiger partial charge in [-0.05, 0) is 45.7 Å². The predicted octanol–water partition coefficient (Wildman–Crippen LogP) is 3.62. The molecule has 142 valence electrons. The van der Waals surface area contributed by atoms with Crippen LogP contribution in [0.2, 0.25) is 0 Å². The standard InChI is InChI=1S/C20H24N4O3/c1-20(2,3)27-19(26)24-8-4-5-15(12-24)23-17-9-16-14(11-22-17)7-6-13(10-21)18(16)25/h6-7,9,11,15,25H,4-5,8,12H2,1-3H3,(H,22,23)/t15-/m0/s1. The summed E-state index contributed by atoms with van der Waals surface area (Å²) in [5, 5.41) is 24.0. The first-order valence-corrected chi connectivity index (χ1v) is 9.03. The molecule has 2 aromatic rings. The lowest BCUT2D eigenvalue weighted by Gasteiger charge is -2.34. The van der Waals surface area contributed by atoms with Crippen LogP contribution in [-0.2, 0) is 4.74 Å². The number of aromatic hydroxyl groups is 1. The number of carbonyl (C=O) groups is 1. The zero-order valence-electron chi connectivity index (χ0n) is 15.8. The van der Waals surface area contributed by atoms with E-state index >= 15 is 0 Å². The topological polar surface area (TPSA) is 98.5 Å². The minimum Gasteiger partial charge on any atom is -0.506 e. The van der Waals surface area contributed by atoms with Gasteiger partial charge in [-0.15, -0.1) is 0 Å². The van der Waals surface area contributed by atoms with Gasteiger partial charge in [-0.1, -0.05) is 6.07 Å². The third-order valence-electron chi connectivity index (χ3n) is 4.42. The maximum atomic E-state index is 12.3. The quantitative estimate of drug-likeness (QED) is 0.840. The van der Waals surface area contributed by atoms with Crippen molar-refractivity contribution in [1.82, 2.24) is 9.88 Å². The number of phenolic OH excluding ortho intramolecular Hbond substituents is 1. The number of aromatic nitrogens is 1. The monoisotopic (exact) mass is 368 g/mol. The van der Waals surface area contributed by atoms with Crippen LogP contribution in [0.4, 0.5) is 10.6 Å². The second-order valence-electron chi connectivity index (χ2n) is 7.77. The first-order valence-electron chi connectivity index (χ1n) is 9.03. The summed E-state index contributed by atoms with van der Waals surface area (Å²) >= 11 is 0. The number of piperidine rings is 1. The average Bonchev–Trinajstić information content (AvgIpc) is 2.61. The SMILES string of the molecule is CC(C)(C)OC(=O)N1CCC[C@H](Nc2cc3c(O)c(C#N)ccc3cn2)C1. The molecule has 1 fully saturated rings. The minimum atomic E-state index is -0.521. The van der Waals surface area contributed by atoms with E-state index in [0.29, 0.717) is 24.3 Å². The van der Waals surface area contributed by atoms with Crippen molar-refractivity contribution in [1.29, 1.82) is 5.26 Å². The molecule has 0 saturated carbocycles. The van der Waals surface area contributed by atoms with Gasteiger partial charge in [0.2, 0.25) is 0 Å². The molecule has 1 amide bonds. The molecule has 1 aromatic heterocycles. The highest BCUT2D eigenvalue weighted by Crippen LogP contribution is 2.30. The Bertz CT molecular complexity index is 898. The number of rotatable bonds is 2. The van der Waals surface area contributed by atoms with Crippen molar-refractivity contribution < 1.29 is 14.6 Å². The molecule has 7 nitrogen and oxygen atoms in total. The van der Waals surface area contributed by atoms with Crippen LogP contribution >= 0.6 is 0 Å². The van der Waals surface area contributed by atoms with E-state index in [9.17, 15) is 9.90 Å². The van der Waals surface area contributed by atoms with Crippen LogP contribution in [-0.4, -0.2) is 45.8 Å². The zero-order valence-corrected chi connectivity index (χ0v) is 15.8. The summed E-state index contributed by atoms with van der Waals surface area (Å²) < 4.78 is 5.45. The average molecular weight is 368 g/mol. The summed E-state index contributed by atoms with van der Waals surface area (Å²) in [6.45, 7) is 6.76. The Morgan fingerprint density at radius 2 is 2.22 bits per heavy atom. The number of hydrogen-bond donors (Lipinski definition) is 2. The maximum Gasteiger partial charge on any atom is 0.410 e. The first-order chi connectivity index (χ1) is 12.8. The van der Waals surface area contributed by atoms with Crippen LogP contribution in [0, 0.1) is 11.3 Å². The smallest absolute Gasteiger partial charge is 0.410 e. The number of benzene rings is 1. The van der Waals surface area contributed by atoms with Crippen LogP contribution in [0.5, 0.6) is 5.75 Å². The largest absolute Gasteiger partial charge is 0.506 e. The van der Waals surface area contributed by atoms with Crippen LogP contribution < -0.4 is 5.32 Å². The number of phenols is 1. The second kappa shape index (κ2) is 7.31. The van der Waals surface area contributed by atoms with Crippen LogP contribution in [0.3, 0.4) is 0 Å².